The molecule has 19 heavy (non-hydrogen) atoms. The summed E-state index contributed by atoms with van der Waals surface area (Å²) in [7, 11) is 0. The van der Waals surface area contributed by atoms with Gasteiger partial charge in [0, 0.05) is 0 Å². The van der Waals surface area contributed by atoms with Crippen molar-refractivity contribution in [2.45, 2.75) is 13.0 Å². The number of nitrogens with zero attached hydrogens (tertiary/aromatic N) is 3. The third-order valence-electron chi connectivity index (χ3n) is 2.81. The van der Waals surface area contributed by atoms with Gasteiger partial charge < -0.3 is 10.2 Å². The van der Waals surface area contributed by atoms with Crippen LogP contribution in [-0.4, -0.2) is 15.2 Å². The Balaban J connectivity index is 1.92. The smallest absolute Gasteiger partial charge is 0.259 e. The molecule has 0 fully saturated rings. The van der Waals surface area contributed by atoms with Crippen molar-refractivity contribution in [1.82, 2.24) is 15.2 Å². The summed E-state index contributed by atoms with van der Waals surface area (Å²) in [6.45, 7) is 1.91. The molecule has 0 saturated carbocycles. The summed E-state index contributed by atoms with van der Waals surface area (Å²) < 4.78 is 5.65. The van der Waals surface area contributed by atoms with Crippen molar-refractivity contribution in [2.75, 3.05) is 0 Å². The number of thiazole rings is 1. The summed E-state index contributed by atoms with van der Waals surface area (Å²) in [5, 5.41) is 8.07. The van der Waals surface area contributed by atoms with E-state index < -0.39 is 6.04 Å². The van der Waals surface area contributed by atoms with E-state index in [0.717, 1.165) is 16.1 Å². The van der Waals surface area contributed by atoms with Gasteiger partial charge in [-0.25, -0.2) is 4.98 Å². The van der Waals surface area contributed by atoms with E-state index in [-0.39, 0.29) is 0 Å². The number of hydrogen-bond acceptors (Lipinski definition) is 6. The minimum Gasteiger partial charge on any atom is -0.418 e. The van der Waals surface area contributed by atoms with Crippen LogP contribution in [0, 0.1) is 6.92 Å². The number of aryl methyl sites for hydroxylation is 1. The Hall–Kier alpha value is -2.05. The molecule has 5 nitrogen and oxygen atoms in total. The summed E-state index contributed by atoms with van der Waals surface area (Å²) in [6, 6.07) is 9.27. The zero-order valence-corrected chi connectivity index (χ0v) is 11.1. The molecule has 0 aliphatic carbocycles. The van der Waals surface area contributed by atoms with Crippen molar-refractivity contribution >= 4 is 11.3 Å². The van der Waals surface area contributed by atoms with Gasteiger partial charge in [-0.05, 0) is 12.5 Å². The van der Waals surface area contributed by atoms with Gasteiger partial charge in [0.25, 0.3) is 5.89 Å². The Morgan fingerprint density at radius 1 is 1.21 bits per heavy atom. The van der Waals surface area contributed by atoms with Gasteiger partial charge in [-0.1, -0.05) is 30.3 Å². The van der Waals surface area contributed by atoms with Gasteiger partial charge in [0.05, 0.1) is 11.2 Å². The van der Waals surface area contributed by atoms with Crippen molar-refractivity contribution < 1.29 is 4.42 Å². The molecule has 0 radical (unpaired) electrons. The third-order valence-corrected chi connectivity index (χ3v) is 3.72. The maximum absolute atomic E-state index is 6.11. The molecule has 2 N–H and O–H groups in total. The molecule has 1 unspecified atom stereocenters. The van der Waals surface area contributed by atoms with Crippen molar-refractivity contribution in [2.24, 2.45) is 5.73 Å². The molecule has 3 rings (SSSR count). The van der Waals surface area contributed by atoms with E-state index in [4.69, 9.17) is 10.2 Å². The van der Waals surface area contributed by atoms with E-state index in [1.54, 1.807) is 5.51 Å². The molecule has 0 saturated heterocycles. The largest absolute Gasteiger partial charge is 0.418 e. The summed E-state index contributed by atoms with van der Waals surface area (Å²) in [6.07, 6.45) is 0. The lowest BCUT2D eigenvalue weighted by atomic mass is 10.1. The first-order valence-electron chi connectivity index (χ1n) is 5.80. The highest BCUT2D eigenvalue weighted by atomic mass is 32.1. The van der Waals surface area contributed by atoms with Crippen molar-refractivity contribution in [1.29, 1.82) is 0 Å². The second-order valence-corrected chi connectivity index (χ2v) is 4.96. The minimum absolute atomic E-state index is 0.407. The van der Waals surface area contributed by atoms with Crippen LogP contribution in [0.4, 0.5) is 0 Å². The number of rotatable bonds is 3. The Kier molecular flexibility index (Phi) is 3.10. The van der Waals surface area contributed by atoms with Gasteiger partial charge in [0.15, 0.2) is 0 Å². The second-order valence-electron chi connectivity index (χ2n) is 4.10. The highest BCUT2D eigenvalue weighted by Crippen LogP contribution is 2.28. The molecule has 6 heteroatoms. The third kappa shape index (κ3) is 2.27. The lowest BCUT2D eigenvalue weighted by molar-refractivity contribution is 0.484. The predicted molar refractivity (Wildman–Crippen MR) is 72.6 cm³/mol. The Morgan fingerprint density at radius 3 is 2.68 bits per heavy atom. The van der Waals surface area contributed by atoms with Gasteiger partial charge in [-0.15, -0.1) is 21.5 Å². The lowest BCUT2D eigenvalue weighted by Crippen LogP contribution is -2.11. The number of nitrogens with two attached hydrogens (primary N) is 1. The van der Waals surface area contributed by atoms with E-state index in [2.05, 4.69) is 15.2 Å². The Labute approximate surface area is 114 Å². The zero-order chi connectivity index (χ0) is 13.2. The van der Waals surface area contributed by atoms with Gasteiger partial charge in [0.2, 0.25) is 5.89 Å². The molecule has 0 amide bonds. The van der Waals surface area contributed by atoms with Gasteiger partial charge in [-0.2, -0.15) is 0 Å². The van der Waals surface area contributed by atoms with Crippen LogP contribution in [0.25, 0.3) is 10.8 Å². The maximum Gasteiger partial charge on any atom is 0.259 e. The highest BCUT2D eigenvalue weighted by Gasteiger charge is 2.18. The normalized spacial score (nSPS) is 12.5. The lowest BCUT2D eigenvalue weighted by Gasteiger charge is -2.06. The van der Waals surface area contributed by atoms with Crippen LogP contribution >= 0.6 is 11.3 Å². The molecule has 0 aliphatic rings. The van der Waals surface area contributed by atoms with Crippen molar-refractivity contribution in [3.05, 3.63) is 53.0 Å². The summed E-state index contributed by atoms with van der Waals surface area (Å²) in [5.41, 5.74) is 9.69. The van der Waals surface area contributed by atoms with Crippen LogP contribution in [0.15, 0.2) is 40.3 Å². The van der Waals surface area contributed by atoms with E-state index in [9.17, 15) is 0 Å². The Bertz CT molecular complexity index is 677. The van der Waals surface area contributed by atoms with E-state index in [1.165, 1.54) is 11.3 Å². The molecule has 1 aromatic carbocycles. The topological polar surface area (TPSA) is 77.8 Å². The van der Waals surface area contributed by atoms with E-state index >= 15 is 0 Å². The highest BCUT2D eigenvalue weighted by molar-refractivity contribution is 7.13. The molecule has 96 valence electrons. The van der Waals surface area contributed by atoms with Crippen LogP contribution in [0.1, 0.15) is 23.2 Å². The predicted octanol–water partition coefficient (Wildman–Crippen LogP) is 2.55. The first-order chi connectivity index (χ1) is 9.25. The molecular weight excluding hydrogens is 260 g/mol. The van der Waals surface area contributed by atoms with Crippen LogP contribution in [0.5, 0.6) is 0 Å². The fraction of sp³-hybridized carbons (Fsp3) is 0.154. The molecular formula is C13H12N4OS. The van der Waals surface area contributed by atoms with Crippen LogP contribution in [0.2, 0.25) is 0 Å². The summed E-state index contributed by atoms with van der Waals surface area (Å²) in [5.74, 6) is 0.885. The fourth-order valence-corrected chi connectivity index (χ4v) is 2.48. The average molecular weight is 272 g/mol. The Morgan fingerprint density at radius 2 is 2.00 bits per heavy atom. The van der Waals surface area contributed by atoms with E-state index in [1.807, 2.05) is 37.3 Å². The zero-order valence-electron chi connectivity index (χ0n) is 10.3. The second kappa shape index (κ2) is 4.91. The van der Waals surface area contributed by atoms with Crippen molar-refractivity contribution in [3.63, 3.8) is 0 Å². The van der Waals surface area contributed by atoms with Gasteiger partial charge in [-0.3, -0.25) is 0 Å². The first kappa shape index (κ1) is 12.0. The molecule has 0 aliphatic heterocycles. The molecule has 0 spiro atoms. The van der Waals surface area contributed by atoms with Crippen LogP contribution in [-0.2, 0) is 0 Å². The average Bonchev–Trinajstić information content (AvgIpc) is 3.07. The number of aromatic nitrogens is 3. The molecule has 3 aromatic rings. The molecule has 2 aromatic heterocycles. The SMILES string of the molecule is Cc1ncsc1-c1nnc(C(N)c2ccccc2)o1. The quantitative estimate of drug-likeness (QED) is 0.792. The fourth-order valence-electron chi connectivity index (χ4n) is 1.76. The summed E-state index contributed by atoms with van der Waals surface area (Å²) in [4.78, 5) is 5.05. The van der Waals surface area contributed by atoms with Crippen LogP contribution in [0.3, 0.4) is 0 Å². The molecule has 0 bridgehead atoms. The molecule has 2 heterocycles. The van der Waals surface area contributed by atoms with E-state index in [0.29, 0.717) is 11.8 Å². The standard InChI is InChI=1S/C13H12N4OS/c1-8-11(19-7-15-8)13-17-16-12(18-13)10(14)9-5-3-2-4-6-9/h2-7,10H,14H2,1H3. The summed E-state index contributed by atoms with van der Waals surface area (Å²) >= 11 is 1.48. The first-order valence-corrected chi connectivity index (χ1v) is 6.68. The monoisotopic (exact) mass is 272 g/mol. The minimum atomic E-state index is -0.407. The number of hydrogen-bond donors (Lipinski definition) is 1. The van der Waals surface area contributed by atoms with Crippen LogP contribution < -0.4 is 5.73 Å². The molecule has 1 atom stereocenters. The maximum atomic E-state index is 6.11. The number of benzene rings is 1. The van der Waals surface area contributed by atoms with Gasteiger partial charge in [0.1, 0.15) is 10.9 Å². The van der Waals surface area contributed by atoms with Gasteiger partial charge >= 0.3 is 0 Å². The van der Waals surface area contributed by atoms with Crippen molar-refractivity contribution in [3.8, 4) is 10.8 Å².